The van der Waals surface area contributed by atoms with Crippen molar-refractivity contribution in [3.8, 4) is 0 Å². The highest BCUT2D eigenvalue weighted by Gasteiger charge is 2.26. The Hall–Kier alpha value is -0.220. The highest BCUT2D eigenvalue weighted by Crippen LogP contribution is 2.28. The highest BCUT2D eigenvalue weighted by atomic mass is 32.2. The summed E-state index contributed by atoms with van der Waals surface area (Å²) in [7, 11) is 0. The zero-order valence-electron chi connectivity index (χ0n) is 10.00. The van der Waals surface area contributed by atoms with Crippen LogP contribution in [0, 0.1) is 5.92 Å². The van der Waals surface area contributed by atoms with E-state index < -0.39 is 0 Å². The van der Waals surface area contributed by atoms with Gasteiger partial charge in [0.25, 0.3) is 0 Å². The van der Waals surface area contributed by atoms with Gasteiger partial charge in [-0.05, 0) is 37.9 Å². The van der Waals surface area contributed by atoms with E-state index in [4.69, 9.17) is 0 Å². The summed E-state index contributed by atoms with van der Waals surface area (Å²) in [4.78, 5) is 11.5. The van der Waals surface area contributed by atoms with Crippen molar-refractivity contribution in [2.75, 3.05) is 19.3 Å². The summed E-state index contributed by atoms with van der Waals surface area (Å²) in [6, 6.07) is 0.543. The third kappa shape index (κ3) is 3.67. The number of amides is 1. The second-order valence-corrected chi connectivity index (χ2v) is 6.02. The van der Waals surface area contributed by atoms with Crippen molar-refractivity contribution in [3.05, 3.63) is 0 Å². The fourth-order valence-corrected chi connectivity index (χ4v) is 3.27. The fourth-order valence-electron chi connectivity index (χ4n) is 2.31. The first-order valence-corrected chi connectivity index (χ1v) is 7.61. The monoisotopic (exact) mass is 242 g/mol. The zero-order valence-corrected chi connectivity index (χ0v) is 10.8. The van der Waals surface area contributed by atoms with E-state index >= 15 is 0 Å². The third-order valence-corrected chi connectivity index (χ3v) is 4.73. The van der Waals surface area contributed by atoms with E-state index in [1.54, 1.807) is 0 Å². The van der Waals surface area contributed by atoms with Crippen LogP contribution in [0.5, 0.6) is 0 Å². The molecule has 92 valence electrons. The zero-order chi connectivity index (χ0) is 11.4. The van der Waals surface area contributed by atoms with Crippen molar-refractivity contribution in [2.24, 2.45) is 5.92 Å². The molecular formula is C12H22N2OS. The van der Waals surface area contributed by atoms with Crippen molar-refractivity contribution in [1.29, 1.82) is 0 Å². The van der Waals surface area contributed by atoms with Gasteiger partial charge in [-0.3, -0.25) is 4.79 Å². The van der Waals surface area contributed by atoms with E-state index in [0.29, 0.717) is 17.8 Å². The Morgan fingerprint density at radius 1 is 1.31 bits per heavy atom. The molecule has 0 aliphatic heterocycles. The van der Waals surface area contributed by atoms with Gasteiger partial charge >= 0.3 is 0 Å². The number of carbonyl (C=O) groups excluding carboxylic acids is 1. The van der Waals surface area contributed by atoms with Gasteiger partial charge in [0.05, 0.1) is 6.54 Å². The fraction of sp³-hybridized carbons (Fsp3) is 0.917. The van der Waals surface area contributed by atoms with Crippen LogP contribution in [0.4, 0.5) is 0 Å². The number of nitrogens with one attached hydrogen (secondary N) is 2. The second kappa shape index (κ2) is 5.92. The van der Waals surface area contributed by atoms with E-state index in [-0.39, 0.29) is 5.91 Å². The van der Waals surface area contributed by atoms with Crippen molar-refractivity contribution in [1.82, 2.24) is 10.6 Å². The molecule has 2 saturated carbocycles. The smallest absolute Gasteiger partial charge is 0.233 e. The summed E-state index contributed by atoms with van der Waals surface area (Å²) in [5, 5.41) is 7.09. The molecule has 2 atom stereocenters. The molecule has 0 saturated heterocycles. The molecule has 0 heterocycles. The van der Waals surface area contributed by atoms with Crippen LogP contribution in [0.1, 0.15) is 32.1 Å². The van der Waals surface area contributed by atoms with Crippen molar-refractivity contribution in [2.45, 2.75) is 43.4 Å². The van der Waals surface area contributed by atoms with E-state index in [0.717, 1.165) is 12.5 Å². The van der Waals surface area contributed by atoms with Crippen LogP contribution >= 0.6 is 11.8 Å². The van der Waals surface area contributed by atoms with Gasteiger partial charge in [0.1, 0.15) is 0 Å². The molecule has 3 nitrogen and oxygen atoms in total. The Kier molecular flexibility index (Phi) is 4.53. The standard InChI is InChI=1S/C12H22N2OS/c1-16-11-4-2-3-10(11)13-8-12(15)14-7-9-5-6-9/h9-11,13H,2-8H2,1H3,(H,14,15). The summed E-state index contributed by atoms with van der Waals surface area (Å²) >= 11 is 1.93. The lowest BCUT2D eigenvalue weighted by molar-refractivity contribution is -0.120. The minimum atomic E-state index is 0.165. The molecule has 2 aliphatic rings. The molecule has 0 aromatic heterocycles. The van der Waals surface area contributed by atoms with Crippen LogP contribution in [0.3, 0.4) is 0 Å². The van der Waals surface area contributed by atoms with Crippen LogP contribution in [0.25, 0.3) is 0 Å². The normalized spacial score (nSPS) is 29.3. The average molecular weight is 242 g/mol. The Balaban J connectivity index is 1.59. The molecule has 0 radical (unpaired) electrons. The van der Waals surface area contributed by atoms with Crippen LogP contribution in [-0.2, 0) is 4.79 Å². The van der Waals surface area contributed by atoms with Crippen LogP contribution in [0.15, 0.2) is 0 Å². The maximum Gasteiger partial charge on any atom is 0.233 e. The topological polar surface area (TPSA) is 41.1 Å². The molecule has 0 aromatic carbocycles. The average Bonchev–Trinajstić information content (AvgIpc) is 3.01. The molecule has 2 rings (SSSR count). The van der Waals surface area contributed by atoms with E-state index in [9.17, 15) is 4.79 Å². The van der Waals surface area contributed by atoms with Crippen molar-refractivity contribution in [3.63, 3.8) is 0 Å². The first kappa shape index (κ1) is 12.2. The molecule has 0 spiro atoms. The summed E-state index contributed by atoms with van der Waals surface area (Å²) in [6.45, 7) is 1.38. The van der Waals surface area contributed by atoms with Gasteiger partial charge in [0.15, 0.2) is 0 Å². The minimum absolute atomic E-state index is 0.165. The Morgan fingerprint density at radius 2 is 2.12 bits per heavy atom. The summed E-state index contributed by atoms with van der Waals surface area (Å²) in [6.07, 6.45) is 8.57. The predicted octanol–water partition coefficient (Wildman–Crippen LogP) is 1.39. The number of hydrogen-bond donors (Lipinski definition) is 2. The number of carbonyl (C=O) groups is 1. The van der Waals surface area contributed by atoms with E-state index in [2.05, 4.69) is 16.9 Å². The van der Waals surface area contributed by atoms with Gasteiger partial charge in [-0.1, -0.05) is 6.42 Å². The predicted molar refractivity (Wildman–Crippen MR) is 68.7 cm³/mol. The van der Waals surface area contributed by atoms with Gasteiger partial charge < -0.3 is 10.6 Å². The lowest BCUT2D eigenvalue weighted by Gasteiger charge is -2.18. The number of rotatable bonds is 6. The van der Waals surface area contributed by atoms with Gasteiger partial charge in [0.2, 0.25) is 5.91 Å². The Labute approximate surface area is 102 Å². The molecule has 4 heteroatoms. The van der Waals surface area contributed by atoms with Crippen molar-refractivity contribution >= 4 is 17.7 Å². The largest absolute Gasteiger partial charge is 0.355 e. The second-order valence-electron chi connectivity index (χ2n) is 4.94. The molecule has 16 heavy (non-hydrogen) atoms. The Morgan fingerprint density at radius 3 is 2.81 bits per heavy atom. The third-order valence-electron chi connectivity index (χ3n) is 3.56. The molecule has 0 aromatic rings. The van der Waals surface area contributed by atoms with Crippen molar-refractivity contribution < 1.29 is 4.79 Å². The number of hydrogen-bond acceptors (Lipinski definition) is 3. The maximum atomic E-state index is 11.5. The first-order chi connectivity index (χ1) is 7.79. The number of thioether (sulfide) groups is 1. The molecule has 0 bridgehead atoms. The highest BCUT2D eigenvalue weighted by molar-refractivity contribution is 7.99. The maximum absolute atomic E-state index is 11.5. The van der Waals surface area contributed by atoms with Crippen LogP contribution in [-0.4, -0.2) is 36.5 Å². The summed E-state index contributed by atoms with van der Waals surface area (Å²) in [5.41, 5.74) is 0. The van der Waals surface area contributed by atoms with Gasteiger partial charge in [-0.2, -0.15) is 11.8 Å². The van der Waals surface area contributed by atoms with E-state index in [1.807, 2.05) is 11.8 Å². The quantitative estimate of drug-likeness (QED) is 0.739. The molecular weight excluding hydrogens is 220 g/mol. The molecule has 2 fully saturated rings. The molecule has 1 amide bonds. The summed E-state index contributed by atoms with van der Waals surface area (Å²) in [5.74, 6) is 0.938. The molecule has 2 aliphatic carbocycles. The van der Waals surface area contributed by atoms with Crippen LogP contribution < -0.4 is 10.6 Å². The van der Waals surface area contributed by atoms with E-state index in [1.165, 1.54) is 32.1 Å². The SMILES string of the molecule is CSC1CCCC1NCC(=O)NCC1CC1. The first-order valence-electron chi connectivity index (χ1n) is 6.32. The Bertz CT molecular complexity index is 243. The van der Waals surface area contributed by atoms with Gasteiger partial charge in [-0.15, -0.1) is 0 Å². The van der Waals surface area contributed by atoms with Gasteiger partial charge in [0, 0.05) is 17.8 Å². The lowest BCUT2D eigenvalue weighted by Crippen LogP contribution is -2.42. The lowest BCUT2D eigenvalue weighted by atomic mass is 10.2. The molecule has 2 unspecified atom stereocenters. The van der Waals surface area contributed by atoms with Crippen LogP contribution in [0.2, 0.25) is 0 Å². The van der Waals surface area contributed by atoms with Gasteiger partial charge in [-0.25, -0.2) is 0 Å². The summed E-state index contributed by atoms with van der Waals surface area (Å²) < 4.78 is 0. The minimum Gasteiger partial charge on any atom is -0.355 e. The molecule has 2 N–H and O–H groups in total.